The summed E-state index contributed by atoms with van der Waals surface area (Å²) in [5, 5.41) is 0. The molecule has 0 fully saturated rings. The van der Waals surface area contributed by atoms with E-state index in [1.807, 2.05) is 26.0 Å². The Morgan fingerprint density at radius 1 is 1.23 bits per heavy atom. The second kappa shape index (κ2) is 3.50. The quantitative estimate of drug-likeness (QED) is 0.729. The first-order chi connectivity index (χ1) is 5.97. The first kappa shape index (κ1) is 10.3. The van der Waals surface area contributed by atoms with E-state index in [0.717, 1.165) is 11.1 Å². The molecule has 0 bridgehead atoms. The third-order valence-corrected chi connectivity index (χ3v) is 3.93. The van der Waals surface area contributed by atoms with Gasteiger partial charge in [0.25, 0.3) is 0 Å². The van der Waals surface area contributed by atoms with E-state index in [9.17, 15) is 8.42 Å². The summed E-state index contributed by atoms with van der Waals surface area (Å²) in [5.41, 5.74) is 1.93. The molecule has 72 valence electrons. The number of aryl methyl sites for hydroxylation is 2. The minimum atomic E-state index is -3.05. The third-order valence-electron chi connectivity index (χ3n) is 2.05. The molecular formula is C10H14O2S. The zero-order valence-corrected chi connectivity index (χ0v) is 8.98. The van der Waals surface area contributed by atoms with Crippen LogP contribution in [0.5, 0.6) is 0 Å². The first-order valence-electron chi connectivity index (χ1n) is 4.27. The van der Waals surface area contributed by atoms with Crippen molar-refractivity contribution in [3.8, 4) is 0 Å². The Balaban J connectivity index is 3.33. The normalized spacial score (nSPS) is 11.6. The van der Waals surface area contributed by atoms with Gasteiger partial charge in [-0.25, -0.2) is 8.42 Å². The van der Waals surface area contributed by atoms with Crippen molar-refractivity contribution >= 4 is 9.84 Å². The van der Waals surface area contributed by atoms with Gasteiger partial charge in [0.15, 0.2) is 9.84 Å². The molecule has 0 atom stereocenters. The summed E-state index contributed by atoms with van der Waals surface area (Å²) in [6.07, 6.45) is 0. The van der Waals surface area contributed by atoms with Crippen LogP contribution >= 0.6 is 0 Å². The predicted octanol–water partition coefficient (Wildman–Crippen LogP) is 2.10. The number of rotatable bonds is 2. The summed E-state index contributed by atoms with van der Waals surface area (Å²) >= 11 is 0. The summed E-state index contributed by atoms with van der Waals surface area (Å²) in [6.45, 7) is 5.44. The number of hydrogen-bond acceptors (Lipinski definition) is 2. The Labute approximate surface area is 79.5 Å². The lowest BCUT2D eigenvalue weighted by Gasteiger charge is -2.05. The van der Waals surface area contributed by atoms with E-state index < -0.39 is 9.84 Å². The van der Waals surface area contributed by atoms with E-state index >= 15 is 0 Å². The predicted molar refractivity (Wildman–Crippen MR) is 53.6 cm³/mol. The lowest BCUT2D eigenvalue weighted by molar-refractivity contribution is 0.596. The van der Waals surface area contributed by atoms with Crippen molar-refractivity contribution in [3.05, 3.63) is 29.3 Å². The zero-order valence-electron chi connectivity index (χ0n) is 8.16. The monoisotopic (exact) mass is 198 g/mol. The van der Waals surface area contributed by atoms with Crippen LogP contribution < -0.4 is 0 Å². The molecular weight excluding hydrogens is 184 g/mol. The van der Waals surface area contributed by atoms with Gasteiger partial charge in [0, 0.05) is 0 Å². The van der Waals surface area contributed by atoms with Crippen molar-refractivity contribution < 1.29 is 8.42 Å². The minimum Gasteiger partial charge on any atom is -0.224 e. The standard InChI is InChI=1S/C10H14O2S/c1-4-13(11,12)10-6-5-8(2)7-9(10)3/h5-7H,4H2,1-3H3. The Bertz CT molecular complexity index is 405. The van der Waals surface area contributed by atoms with Gasteiger partial charge in [-0.1, -0.05) is 24.6 Å². The highest BCUT2D eigenvalue weighted by Gasteiger charge is 2.13. The molecule has 0 saturated carbocycles. The Hall–Kier alpha value is -0.830. The van der Waals surface area contributed by atoms with Gasteiger partial charge in [0.05, 0.1) is 10.6 Å². The maximum Gasteiger partial charge on any atom is 0.178 e. The molecule has 0 radical (unpaired) electrons. The lowest BCUT2D eigenvalue weighted by Crippen LogP contribution is -2.05. The lowest BCUT2D eigenvalue weighted by atomic mass is 10.2. The second-order valence-electron chi connectivity index (χ2n) is 3.17. The van der Waals surface area contributed by atoms with Crippen molar-refractivity contribution in [2.24, 2.45) is 0 Å². The largest absolute Gasteiger partial charge is 0.224 e. The summed E-state index contributed by atoms with van der Waals surface area (Å²) in [5.74, 6) is 0.164. The van der Waals surface area contributed by atoms with Gasteiger partial charge < -0.3 is 0 Å². The van der Waals surface area contributed by atoms with Crippen LogP contribution in [0.25, 0.3) is 0 Å². The fraction of sp³-hybridized carbons (Fsp3) is 0.400. The molecule has 2 nitrogen and oxygen atoms in total. The second-order valence-corrected chi connectivity index (χ2v) is 5.42. The Morgan fingerprint density at radius 3 is 2.31 bits per heavy atom. The summed E-state index contributed by atoms with van der Waals surface area (Å²) < 4.78 is 23.1. The average Bonchev–Trinajstić information content (AvgIpc) is 2.03. The van der Waals surface area contributed by atoms with Gasteiger partial charge in [-0.05, 0) is 25.5 Å². The fourth-order valence-electron chi connectivity index (χ4n) is 1.30. The van der Waals surface area contributed by atoms with Gasteiger partial charge in [0.1, 0.15) is 0 Å². The van der Waals surface area contributed by atoms with E-state index in [2.05, 4.69) is 0 Å². The first-order valence-corrected chi connectivity index (χ1v) is 5.92. The van der Waals surface area contributed by atoms with Crippen LogP contribution in [0.1, 0.15) is 18.1 Å². The number of sulfone groups is 1. The molecule has 0 N–H and O–H groups in total. The molecule has 1 rings (SSSR count). The molecule has 0 saturated heterocycles. The van der Waals surface area contributed by atoms with Crippen molar-refractivity contribution in [1.82, 2.24) is 0 Å². The molecule has 1 aromatic carbocycles. The van der Waals surface area contributed by atoms with Crippen LogP contribution in [0.3, 0.4) is 0 Å². The molecule has 3 heteroatoms. The SMILES string of the molecule is CCS(=O)(=O)c1ccc(C)cc1C. The van der Waals surface area contributed by atoms with Crippen molar-refractivity contribution in [3.63, 3.8) is 0 Å². The molecule has 13 heavy (non-hydrogen) atoms. The van der Waals surface area contributed by atoms with Gasteiger partial charge in [-0.2, -0.15) is 0 Å². The van der Waals surface area contributed by atoms with Gasteiger partial charge in [-0.3, -0.25) is 0 Å². The topological polar surface area (TPSA) is 34.1 Å². The summed E-state index contributed by atoms with van der Waals surface area (Å²) in [6, 6.07) is 5.40. The summed E-state index contributed by atoms with van der Waals surface area (Å²) in [7, 11) is -3.05. The van der Waals surface area contributed by atoms with E-state index in [1.54, 1.807) is 13.0 Å². The molecule has 0 heterocycles. The maximum absolute atomic E-state index is 11.5. The molecule has 0 aliphatic carbocycles. The highest BCUT2D eigenvalue weighted by atomic mass is 32.2. The molecule has 1 aromatic rings. The van der Waals surface area contributed by atoms with Crippen LogP contribution in [0.15, 0.2) is 23.1 Å². The van der Waals surface area contributed by atoms with Crippen LogP contribution in [0.4, 0.5) is 0 Å². The molecule has 0 amide bonds. The van der Waals surface area contributed by atoms with Crippen LogP contribution in [-0.2, 0) is 9.84 Å². The van der Waals surface area contributed by atoms with Gasteiger partial charge in [-0.15, -0.1) is 0 Å². The van der Waals surface area contributed by atoms with Gasteiger partial charge in [0.2, 0.25) is 0 Å². The Morgan fingerprint density at radius 2 is 1.85 bits per heavy atom. The van der Waals surface area contributed by atoms with Crippen molar-refractivity contribution in [2.75, 3.05) is 5.75 Å². The van der Waals surface area contributed by atoms with Gasteiger partial charge >= 0.3 is 0 Å². The molecule has 0 unspecified atom stereocenters. The van der Waals surface area contributed by atoms with Crippen molar-refractivity contribution in [2.45, 2.75) is 25.7 Å². The van der Waals surface area contributed by atoms with E-state index in [1.165, 1.54) is 0 Å². The minimum absolute atomic E-state index is 0.164. The fourth-order valence-corrected chi connectivity index (χ4v) is 2.44. The van der Waals surface area contributed by atoms with Crippen LogP contribution in [-0.4, -0.2) is 14.2 Å². The van der Waals surface area contributed by atoms with Crippen LogP contribution in [0, 0.1) is 13.8 Å². The highest BCUT2D eigenvalue weighted by molar-refractivity contribution is 7.91. The highest BCUT2D eigenvalue weighted by Crippen LogP contribution is 2.17. The third kappa shape index (κ3) is 2.10. The smallest absolute Gasteiger partial charge is 0.178 e. The number of benzene rings is 1. The average molecular weight is 198 g/mol. The van der Waals surface area contributed by atoms with E-state index in [4.69, 9.17) is 0 Å². The molecule has 0 aliphatic rings. The maximum atomic E-state index is 11.5. The number of hydrogen-bond donors (Lipinski definition) is 0. The molecule has 0 spiro atoms. The van der Waals surface area contributed by atoms with E-state index in [0.29, 0.717) is 4.90 Å². The van der Waals surface area contributed by atoms with Crippen molar-refractivity contribution in [1.29, 1.82) is 0 Å². The molecule has 0 aromatic heterocycles. The summed E-state index contributed by atoms with van der Waals surface area (Å²) in [4.78, 5) is 0.459. The zero-order chi connectivity index (χ0) is 10.1. The van der Waals surface area contributed by atoms with Crippen LogP contribution in [0.2, 0.25) is 0 Å². The van der Waals surface area contributed by atoms with E-state index in [-0.39, 0.29) is 5.75 Å². The molecule has 0 aliphatic heterocycles. The Kier molecular flexibility index (Phi) is 2.76.